The Morgan fingerprint density at radius 1 is 1.32 bits per heavy atom. The molecule has 2 rings (SSSR count). The van der Waals surface area contributed by atoms with Crippen LogP contribution in [-0.2, 0) is 6.54 Å². The largest absolute Gasteiger partial charge is 0.373 e. The number of aromatic nitrogens is 1. The SMILES string of the molecule is CNc1cc(CN(C)CC2(N(C)C)CCC2)ccn1. The van der Waals surface area contributed by atoms with Crippen molar-refractivity contribution in [3.05, 3.63) is 23.9 Å². The average molecular weight is 262 g/mol. The maximum atomic E-state index is 4.26. The van der Waals surface area contributed by atoms with Crippen LogP contribution in [0.1, 0.15) is 24.8 Å². The lowest BCUT2D eigenvalue weighted by atomic mass is 9.75. The quantitative estimate of drug-likeness (QED) is 0.850. The molecule has 1 N–H and O–H groups in total. The number of hydrogen-bond donors (Lipinski definition) is 1. The van der Waals surface area contributed by atoms with Crippen molar-refractivity contribution in [2.45, 2.75) is 31.3 Å². The second-order valence-electron chi connectivity index (χ2n) is 5.94. The van der Waals surface area contributed by atoms with Crippen molar-refractivity contribution < 1.29 is 0 Å². The zero-order valence-corrected chi connectivity index (χ0v) is 12.6. The van der Waals surface area contributed by atoms with Gasteiger partial charge in [-0.1, -0.05) is 0 Å². The van der Waals surface area contributed by atoms with E-state index < -0.39 is 0 Å². The lowest BCUT2D eigenvalue weighted by molar-refractivity contribution is 0.0259. The highest BCUT2D eigenvalue weighted by molar-refractivity contribution is 5.36. The van der Waals surface area contributed by atoms with Crippen molar-refractivity contribution in [1.29, 1.82) is 0 Å². The standard InChI is InChI=1S/C15H26N4/c1-16-14-10-13(6-9-17-14)11-19(4)12-15(18(2)3)7-5-8-15/h6,9-10H,5,7-8,11-12H2,1-4H3,(H,16,17). The van der Waals surface area contributed by atoms with Crippen LogP contribution in [0.5, 0.6) is 0 Å². The molecule has 19 heavy (non-hydrogen) atoms. The predicted molar refractivity (Wildman–Crippen MR) is 80.4 cm³/mol. The first-order valence-electron chi connectivity index (χ1n) is 7.04. The molecule has 1 fully saturated rings. The molecule has 4 nitrogen and oxygen atoms in total. The Hall–Kier alpha value is -1.13. The van der Waals surface area contributed by atoms with Crippen LogP contribution in [0.2, 0.25) is 0 Å². The lowest BCUT2D eigenvalue weighted by Gasteiger charge is -2.49. The third-order valence-electron chi connectivity index (χ3n) is 4.33. The van der Waals surface area contributed by atoms with Crippen LogP contribution in [0.4, 0.5) is 5.82 Å². The van der Waals surface area contributed by atoms with Gasteiger partial charge in [0, 0.05) is 31.9 Å². The number of anilines is 1. The van der Waals surface area contributed by atoms with Gasteiger partial charge in [0.1, 0.15) is 5.82 Å². The van der Waals surface area contributed by atoms with Crippen molar-refractivity contribution >= 4 is 5.82 Å². The van der Waals surface area contributed by atoms with Gasteiger partial charge >= 0.3 is 0 Å². The fraction of sp³-hybridized carbons (Fsp3) is 0.667. The summed E-state index contributed by atoms with van der Waals surface area (Å²) in [5, 5.41) is 3.09. The van der Waals surface area contributed by atoms with E-state index in [9.17, 15) is 0 Å². The molecule has 1 aromatic heterocycles. The summed E-state index contributed by atoms with van der Waals surface area (Å²) in [6, 6.07) is 4.22. The van der Waals surface area contributed by atoms with Gasteiger partial charge in [0.05, 0.1) is 0 Å². The summed E-state index contributed by atoms with van der Waals surface area (Å²) in [5.74, 6) is 0.942. The van der Waals surface area contributed by atoms with E-state index in [1.807, 2.05) is 13.2 Å². The van der Waals surface area contributed by atoms with Crippen molar-refractivity contribution in [3.63, 3.8) is 0 Å². The molecule has 1 aliphatic rings. The zero-order valence-electron chi connectivity index (χ0n) is 12.6. The third-order valence-corrected chi connectivity index (χ3v) is 4.33. The highest BCUT2D eigenvalue weighted by Crippen LogP contribution is 2.36. The van der Waals surface area contributed by atoms with E-state index in [4.69, 9.17) is 0 Å². The molecule has 4 heteroatoms. The Morgan fingerprint density at radius 3 is 2.58 bits per heavy atom. The Bertz CT molecular complexity index is 412. The molecule has 0 saturated heterocycles. The van der Waals surface area contributed by atoms with Gasteiger partial charge in [-0.05, 0) is 58.1 Å². The van der Waals surface area contributed by atoms with Gasteiger partial charge in [-0.25, -0.2) is 4.98 Å². The molecule has 0 radical (unpaired) electrons. The van der Waals surface area contributed by atoms with E-state index in [1.54, 1.807) is 0 Å². The first kappa shape index (κ1) is 14.3. The fourth-order valence-corrected chi connectivity index (χ4v) is 2.91. The van der Waals surface area contributed by atoms with E-state index in [-0.39, 0.29) is 0 Å². The lowest BCUT2D eigenvalue weighted by Crippen LogP contribution is -2.56. The van der Waals surface area contributed by atoms with Gasteiger partial charge in [0.2, 0.25) is 0 Å². The Balaban J connectivity index is 1.95. The van der Waals surface area contributed by atoms with E-state index >= 15 is 0 Å². The number of pyridine rings is 1. The smallest absolute Gasteiger partial charge is 0.125 e. The second kappa shape index (κ2) is 5.88. The van der Waals surface area contributed by atoms with Crippen molar-refractivity contribution in [2.75, 3.05) is 40.1 Å². The van der Waals surface area contributed by atoms with Crippen molar-refractivity contribution in [2.24, 2.45) is 0 Å². The Labute approximate surface area is 116 Å². The molecule has 1 heterocycles. The van der Waals surface area contributed by atoms with Gasteiger partial charge in [0.25, 0.3) is 0 Å². The summed E-state index contributed by atoms with van der Waals surface area (Å²) in [5.41, 5.74) is 1.71. The van der Waals surface area contributed by atoms with Gasteiger partial charge in [-0.2, -0.15) is 0 Å². The minimum absolute atomic E-state index is 0.396. The molecular formula is C15H26N4. The molecule has 0 bridgehead atoms. The fourth-order valence-electron chi connectivity index (χ4n) is 2.91. The Morgan fingerprint density at radius 2 is 2.05 bits per heavy atom. The van der Waals surface area contributed by atoms with Crippen LogP contribution in [-0.4, -0.2) is 55.1 Å². The molecule has 0 unspecified atom stereocenters. The summed E-state index contributed by atoms with van der Waals surface area (Å²) in [7, 11) is 8.53. The highest BCUT2D eigenvalue weighted by Gasteiger charge is 2.39. The maximum Gasteiger partial charge on any atom is 0.125 e. The second-order valence-corrected chi connectivity index (χ2v) is 5.94. The number of rotatable bonds is 6. The minimum Gasteiger partial charge on any atom is -0.373 e. The summed E-state index contributed by atoms with van der Waals surface area (Å²) >= 11 is 0. The summed E-state index contributed by atoms with van der Waals surface area (Å²) < 4.78 is 0. The van der Waals surface area contributed by atoms with E-state index in [0.717, 1.165) is 18.9 Å². The number of likely N-dealkylation sites (N-methyl/N-ethyl adjacent to an activating group) is 2. The molecule has 1 saturated carbocycles. The molecule has 0 spiro atoms. The van der Waals surface area contributed by atoms with E-state index in [0.29, 0.717) is 5.54 Å². The average Bonchev–Trinajstić information content (AvgIpc) is 2.33. The van der Waals surface area contributed by atoms with Crippen LogP contribution in [0.3, 0.4) is 0 Å². The molecule has 1 aromatic rings. The van der Waals surface area contributed by atoms with Gasteiger partial charge in [-0.15, -0.1) is 0 Å². The van der Waals surface area contributed by atoms with Crippen LogP contribution in [0, 0.1) is 0 Å². The van der Waals surface area contributed by atoms with E-state index in [2.05, 4.69) is 53.4 Å². The number of nitrogens with one attached hydrogen (secondary N) is 1. The van der Waals surface area contributed by atoms with Gasteiger partial charge in [-0.3, -0.25) is 0 Å². The molecular weight excluding hydrogens is 236 g/mol. The zero-order chi connectivity index (χ0) is 13.9. The third kappa shape index (κ3) is 3.25. The van der Waals surface area contributed by atoms with Crippen molar-refractivity contribution in [3.8, 4) is 0 Å². The molecule has 106 valence electrons. The normalized spacial score (nSPS) is 17.6. The molecule has 1 aliphatic carbocycles. The van der Waals surface area contributed by atoms with Crippen LogP contribution < -0.4 is 5.32 Å². The minimum atomic E-state index is 0.396. The number of hydrogen-bond acceptors (Lipinski definition) is 4. The van der Waals surface area contributed by atoms with Crippen LogP contribution >= 0.6 is 0 Å². The van der Waals surface area contributed by atoms with Crippen LogP contribution in [0.15, 0.2) is 18.3 Å². The van der Waals surface area contributed by atoms with Crippen LogP contribution in [0.25, 0.3) is 0 Å². The monoisotopic (exact) mass is 262 g/mol. The Kier molecular flexibility index (Phi) is 4.42. The first-order chi connectivity index (χ1) is 9.05. The molecule has 0 aromatic carbocycles. The molecule has 0 atom stereocenters. The molecule has 0 amide bonds. The van der Waals surface area contributed by atoms with Gasteiger partial charge in [0.15, 0.2) is 0 Å². The topological polar surface area (TPSA) is 31.4 Å². The van der Waals surface area contributed by atoms with E-state index in [1.165, 1.54) is 24.8 Å². The summed E-state index contributed by atoms with van der Waals surface area (Å²) in [6.45, 7) is 2.12. The van der Waals surface area contributed by atoms with Crippen molar-refractivity contribution in [1.82, 2.24) is 14.8 Å². The highest BCUT2D eigenvalue weighted by atomic mass is 15.2. The summed E-state index contributed by atoms with van der Waals surface area (Å²) in [4.78, 5) is 9.08. The number of nitrogens with zero attached hydrogens (tertiary/aromatic N) is 3. The predicted octanol–water partition coefficient (Wildman–Crippen LogP) is 2.04. The molecule has 0 aliphatic heterocycles. The summed E-state index contributed by atoms with van der Waals surface area (Å²) in [6.07, 6.45) is 5.89. The first-order valence-corrected chi connectivity index (χ1v) is 7.04. The van der Waals surface area contributed by atoms with Gasteiger partial charge < -0.3 is 15.1 Å². The maximum absolute atomic E-state index is 4.26.